The maximum absolute atomic E-state index is 12.9. The molecule has 0 spiro atoms. The molecule has 29 heavy (non-hydrogen) atoms. The first kappa shape index (κ1) is 21.2. The van der Waals surface area contributed by atoms with Crippen LogP contribution in [-0.4, -0.2) is 51.0 Å². The molecule has 10 heteroatoms. The highest BCUT2D eigenvalue weighted by atomic mass is 32.2. The van der Waals surface area contributed by atoms with Gasteiger partial charge >= 0.3 is 0 Å². The van der Waals surface area contributed by atoms with Gasteiger partial charge in [0.15, 0.2) is 0 Å². The molecule has 0 amide bonds. The zero-order valence-corrected chi connectivity index (χ0v) is 17.0. The lowest BCUT2D eigenvalue weighted by molar-refractivity contribution is -0.385. The van der Waals surface area contributed by atoms with E-state index in [0.717, 1.165) is 5.56 Å². The van der Waals surface area contributed by atoms with Crippen LogP contribution in [0, 0.1) is 10.1 Å². The van der Waals surface area contributed by atoms with E-state index in [-0.39, 0.29) is 18.8 Å². The van der Waals surface area contributed by atoms with Gasteiger partial charge < -0.3 is 4.74 Å². The molecular formula is C19H23N3O6S. The third-order valence-electron chi connectivity index (χ3n) is 4.90. The summed E-state index contributed by atoms with van der Waals surface area (Å²) < 4.78 is 33.8. The maximum atomic E-state index is 12.9. The van der Waals surface area contributed by atoms with Gasteiger partial charge in [-0.25, -0.2) is 13.1 Å². The molecule has 0 unspecified atom stereocenters. The zero-order valence-electron chi connectivity index (χ0n) is 16.1. The van der Waals surface area contributed by atoms with Crippen molar-refractivity contribution >= 4 is 15.7 Å². The molecule has 1 saturated heterocycles. The molecule has 2 atom stereocenters. The van der Waals surface area contributed by atoms with E-state index in [1.54, 1.807) is 26.3 Å². The molecule has 0 saturated carbocycles. The predicted octanol–water partition coefficient (Wildman–Crippen LogP) is 2.05. The highest BCUT2D eigenvalue weighted by Crippen LogP contribution is 2.34. The Bertz CT molecular complexity index is 981. The van der Waals surface area contributed by atoms with Gasteiger partial charge in [-0.1, -0.05) is 30.3 Å². The van der Waals surface area contributed by atoms with Gasteiger partial charge in [-0.3, -0.25) is 15.0 Å². The number of benzene rings is 2. The van der Waals surface area contributed by atoms with Crippen molar-refractivity contribution in [1.82, 2.24) is 9.79 Å². The number of methoxy groups -OCH3 is 1. The number of hydrogen-bond donors (Lipinski definition) is 1. The number of hydroxylamine groups is 2. The number of ether oxygens (including phenoxy) is 1. The Morgan fingerprint density at radius 3 is 2.76 bits per heavy atom. The highest BCUT2D eigenvalue weighted by molar-refractivity contribution is 7.90. The van der Waals surface area contributed by atoms with Crippen LogP contribution in [0.1, 0.15) is 17.2 Å². The quantitative estimate of drug-likeness (QED) is 0.513. The summed E-state index contributed by atoms with van der Waals surface area (Å²) in [4.78, 5) is 16.0. The van der Waals surface area contributed by atoms with Crippen LogP contribution in [0.4, 0.5) is 5.69 Å². The van der Waals surface area contributed by atoms with E-state index in [1.807, 2.05) is 24.3 Å². The fourth-order valence-electron chi connectivity index (χ4n) is 3.45. The Hall–Kier alpha value is -2.53. The third-order valence-corrected chi connectivity index (χ3v) is 6.70. The minimum absolute atomic E-state index is 0.0339. The molecule has 3 rings (SSSR count). The first-order valence-electron chi connectivity index (χ1n) is 9.04. The fraction of sp³-hybridized carbons (Fsp3) is 0.368. The second-order valence-corrected chi connectivity index (χ2v) is 8.66. The summed E-state index contributed by atoms with van der Waals surface area (Å²) in [5.41, 5.74) is 1.31. The summed E-state index contributed by atoms with van der Waals surface area (Å²) in [6.45, 7) is 0.165. The number of rotatable bonds is 8. The summed E-state index contributed by atoms with van der Waals surface area (Å²) in [6.07, 6.45) is 0.466. The Balaban J connectivity index is 1.75. The van der Waals surface area contributed by atoms with Gasteiger partial charge in [0.2, 0.25) is 10.0 Å². The highest BCUT2D eigenvalue weighted by Gasteiger charge is 2.43. The first-order chi connectivity index (χ1) is 13.8. The lowest BCUT2D eigenvalue weighted by atomic mass is 10.0. The molecular weight excluding hydrogens is 398 g/mol. The van der Waals surface area contributed by atoms with Crippen molar-refractivity contribution in [3.8, 4) is 5.75 Å². The Kier molecular flexibility index (Phi) is 6.48. The number of nitro groups is 1. The van der Waals surface area contributed by atoms with Crippen LogP contribution < -0.4 is 9.46 Å². The number of para-hydroxylation sites is 1. The van der Waals surface area contributed by atoms with Crippen LogP contribution in [0.15, 0.2) is 48.5 Å². The number of nitro benzene ring substituents is 1. The standard InChI is InChI=1S/C19H23N3O6S/c1-21-19(15-7-5-8-16(12-15)22(23)24)18(13-28-21)29(25,26)20-11-10-14-6-3-4-9-17(14)27-2/h3-9,12,18-20H,10-11,13H2,1-2H3/t18-,19-/m1/s1. The monoisotopic (exact) mass is 421 g/mol. The number of sulfonamides is 1. The largest absolute Gasteiger partial charge is 0.496 e. The van der Waals surface area contributed by atoms with E-state index < -0.39 is 26.2 Å². The number of hydrogen-bond acceptors (Lipinski definition) is 7. The van der Waals surface area contributed by atoms with Crippen LogP contribution in [0.25, 0.3) is 0 Å². The summed E-state index contributed by atoms with van der Waals surface area (Å²) in [5, 5.41) is 11.6. The molecule has 1 aliphatic rings. The van der Waals surface area contributed by atoms with E-state index in [4.69, 9.17) is 9.57 Å². The van der Waals surface area contributed by atoms with Crippen molar-refractivity contribution in [2.45, 2.75) is 17.7 Å². The van der Waals surface area contributed by atoms with E-state index in [0.29, 0.717) is 17.7 Å². The molecule has 2 aromatic carbocycles. The van der Waals surface area contributed by atoms with E-state index in [2.05, 4.69) is 4.72 Å². The second-order valence-electron chi connectivity index (χ2n) is 6.68. The minimum Gasteiger partial charge on any atom is -0.496 e. The van der Waals surface area contributed by atoms with E-state index >= 15 is 0 Å². The molecule has 9 nitrogen and oxygen atoms in total. The first-order valence-corrected chi connectivity index (χ1v) is 10.6. The van der Waals surface area contributed by atoms with E-state index in [1.165, 1.54) is 17.2 Å². The van der Waals surface area contributed by atoms with Crippen molar-refractivity contribution in [2.24, 2.45) is 0 Å². The Morgan fingerprint density at radius 2 is 2.03 bits per heavy atom. The summed E-state index contributed by atoms with van der Waals surface area (Å²) in [5.74, 6) is 0.699. The molecule has 1 fully saturated rings. The summed E-state index contributed by atoms with van der Waals surface area (Å²) in [7, 11) is -0.554. The van der Waals surface area contributed by atoms with Gasteiger partial charge in [0.05, 0.1) is 24.7 Å². The lowest BCUT2D eigenvalue weighted by Crippen LogP contribution is -2.40. The Labute approximate surface area is 169 Å². The van der Waals surface area contributed by atoms with Crippen LogP contribution in [0.5, 0.6) is 5.75 Å². The zero-order chi connectivity index (χ0) is 21.0. The van der Waals surface area contributed by atoms with Crippen molar-refractivity contribution < 1.29 is 22.9 Å². The SMILES string of the molecule is COc1ccccc1CCNS(=O)(=O)[C@@H]1CON(C)[C@@H]1c1cccc([N+](=O)[O-])c1. The van der Waals surface area contributed by atoms with Crippen molar-refractivity contribution in [3.05, 3.63) is 69.8 Å². The third kappa shape index (κ3) is 4.73. The maximum Gasteiger partial charge on any atom is 0.269 e. The van der Waals surface area contributed by atoms with Gasteiger partial charge in [0, 0.05) is 25.7 Å². The van der Waals surface area contributed by atoms with Crippen molar-refractivity contribution in [2.75, 3.05) is 27.3 Å². The summed E-state index contributed by atoms with van der Waals surface area (Å²) >= 11 is 0. The van der Waals surface area contributed by atoms with Crippen LogP contribution in [-0.2, 0) is 21.3 Å². The van der Waals surface area contributed by atoms with Gasteiger partial charge in [0.25, 0.3) is 5.69 Å². The average molecular weight is 421 g/mol. The van der Waals surface area contributed by atoms with Gasteiger partial charge in [0.1, 0.15) is 11.0 Å². The smallest absolute Gasteiger partial charge is 0.269 e. The molecule has 0 radical (unpaired) electrons. The molecule has 1 heterocycles. The molecule has 156 valence electrons. The van der Waals surface area contributed by atoms with Crippen molar-refractivity contribution in [3.63, 3.8) is 0 Å². The van der Waals surface area contributed by atoms with Crippen LogP contribution >= 0.6 is 0 Å². The van der Waals surface area contributed by atoms with Crippen molar-refractivity contribution in [1.29, 1.82) is 0 Å². The molecule has 0 aliphatic carbocycles. The lowest BCUT2D eigenvalue weighted by Gasteiger charge is -2.23. The van der Waals surface area contributed by atoms with Crippen LogP contribution in [0.2, 0.25) is 0 Å². The molecule has 1 aliphatic heterocycles. The predicted molar refractivity (Wildman–Crippen MR) is 107 cm³/mol. The summed E-state index contributed by atoms with van der Waals surface area (Å²) in [6, 6.07) is 12.7. The molecule has 0 aromatic heterocycles. The normalized spacial score (nSPS) is 19.9. The average Bonchev–Trinajstić information content (AvgIpc) is 3.10. The molecule has 1 N–H and O–H groups in total. The Morgan fingerprint density at radius 1 is 1.28 bits per heavy atom. The van der Waals surface area contributed by atoms with Gasteiger partial charge in [-0.2, -0.15) is 5.06 Å². The second kappa shape index (κ2) is 8.87. The number of nitrogens with zero attached hydrogens (tertiary/aromatic N) is 2. The van der Waals surface area contributed by atoms with E-state index in [9.17, 15) is 18.5 Å². The number of non-ortho nitro benzene ring substituents is 1. The molecule has 2 aromatic rings. The topological polar surface area (TPSA) is 111 Å². The molecule has 0 bridgehead atoms. The van der Waals surface area contributed by atoms with Gasteiger partial charge in [-0.15, -0.1) is 0 Å². The number of nitrogens with one attached hydrogen (secondary N) is 1. The fourth-order valence-corrected chi connectivity index (χ4v) is 4.96. The van der Waals surface area contributed by atoms with Crippen LogP contribution in [0.3, 0.4) is 0 Å². The van der Waals surface area contributed by atoms with Gasteiger partial charge in [-0.05, 0) is 23.6 Å². The minimum atomic E-state index is -3.74.